The van der Waals surface area contributed by atoms with Crippen molar-refractivity contribution in [1.82, 2.24) is 10.2 Å². The van der Waals surface area contributed by atoms with Crippen molar-refractivity contribution in [2.24, 2.45) is 5.92 Å². The zero-order valence-electron chi connectivity index (χ0n) is 11.4. The van der Waals surface area contributed by atoms with E-state index in [0.717, 1.165) is 19.6 Å². The first-order chi connectivity index (χ1) is 8.19. The van der Waals surface area contributed by atoms with E-state index in [-0.39, 0.29) is 11.9 Å². The Bertz CT molecular complexity index is 227. The van der Waals surface area contributed by atoms with Crippen molar-refractivity contribution < 1.29 is 9.53 Å². The number of amides is 1. The fraction of sp³-hybridized carbons (Fsp3) is 0.923. The molecule has 0 spiro atoms. The molecule has 1 amide bonds. The molecule has 1 rings (SSSR count). The molecular formula is C13H26N2O2. The Balaban J connectivity index is 2.41. The Hall–Kier alpha value is -0.610. The Morgan fingerprint density at radius 2 is 2.35 bits per heavy atom. The normalized spacial score (nSPS) is 22.2. The van der Waals surface area contributed by atoms with Crippen LogP contribution in [0, 0.1) is 5.92 Å². The standard InChI is InChI=1S/C13H26N2O2/c1-4-15(11(2)10-17-3)13(16)8-12-6-5-7-14-9-12/h11-12,14H,4-10H2,1-3H3. The molecule has 0 saturated carbocycles. The summed E-state index contributed by atoms with van der Waals surface area (Å²) in [5, 5.41) is 3.36. The Kier molecular flexibility index (Phi) is 6.52. The molecule has 1 fully saturated rings. The van der Waals surface area contributed by atoms with Crippen LogP contribution in [0.2, 0.25) is 0 Å². The largest absolute Gasteiger partial charge is 0.383 e. The second kappa shape index (κ2) is 7.67. The summed E-state index contributed by atoms with van der Waals surface area (Å²) in [4.78, 5) is 14.1. The zero-order valence-corrected chi connectivity index (χ0v) is 11.4. The molecule has 0 aromatic heterocycles. The van der Waals surface area contributed by atoms with E-state index < -0.39 is 0 Å². The first-order valence-electron chi connectivity index (χ1n) is 6.68. The van der Waals surface area contributed by atoms with Crippen LogP contribution in [0.5, 0.6) is 0 Å². The molecular weight excluding hydrogens is 216 g/mol. The quantitative estimate of drug-likeness (QED) is 0.762. The average molecular weight is 242 g/mol. The lowest BCUT2D eigenvalue weighted by Crippen LogP contribution is -2.43. The molecule has 0 radical (unpaired) electrons. The number of hydrogen-bond donors (Lipinski definition) is 1. The third-order valence-electron chi connectivity index (χ3n) is 3.46. The molecule has 0 aromatic rings. The summed E-state index contributed by atoms with van der Waals surface area (Å²) in [5.74, 6) is 0.783. The van der Waals surface area contributed by atoms with Crippen molar-refractivity contribution in [3.05, 3.63) is 0 Å². The Morgan fingerprint density at radius 3 is 2.88 bits per heavy atom. The van der Waals surface area contributed by atoms with E-state index in [4.69, 9.17) is 4.74 Å². The minimum absolute atomic E-state index is 0.175. The summed E-state index contributed by atoms with van der Waals surface area (Å²) in [6.07, 6.45) is 3.04. The molecule has 17 heavy (non-hydrogen) atoms. The van der Waals surface area contributed by atoms with Gasteiger partial charge < -0.3 is 15.0 Å². The molecule has 0 aromatic carbocycles. The smallest absolute Gasteiger partial charge is 0.223 e. The highest BCUT2D eigenvalue weighted by Crippen LogP contribution is 2.16. The molecule has 2 unspecified atom stereocenters. The number of nitrogens with zero attached hydrogens (tertiary/aromatic N) is 1. The van der Waals surface area contributed by atoms with Crippen molar-refractivity contribution in [1.29, 1.82) is 0 Å². The van der Waals surface area contributed by atoms with Gasteiger partial charge in [-0.05, 0) is 45.7 Å². The number of methoxy groups -OCH3 is 1. The topological polar surface area (TPSA) is 41.6 Å². The summed E-state index contributed by atoms with van der Waals surface area (Å²) in [6, 6.07) is 0.175. The average Bonchev–Trinajstić information content (AvgIpc) is 2.31. The summed E-state index contributed by atoms with van der Waals surface area (Å²) in [7, 11) is 1.68. The van der Waals surface area contributed by atoms with Crippen LogP contribution in [0.25, 0.3) is 0 Å². The Labute approximate surface area is 105 Å². The number of hydrogen-bond acceptors (Lipinski definition) is 3. The van der Waals surface area contributed by atoms with Crippen LogP contribution in [-0.4, -0.2) is 50.2 Å². The number of rotatable bonds is 6. The van der Waals surface area contributed by atoms with Crippen molar-refractivity contribution in [3.8, 4) is 0 Å². The van der Waals surface area contributed by atoms with Gasteiger partial charge in [0.2, 0.25) is 5.91 Å². The van der Waals surface area contributed by atoms with Crippen LogP contribution in [0.3, 0.4) is 0 Å². The molecule has 4 nitrogen and oxygen atoms in total. The molecule has 1 aliphatic heterocycles. The minimum atomic E-state index is 0.175. The van der Waals surface area contributed by atoms with Crippen molar-refractivity contribution in [2.75, 3.05) is 33.4 Å². The molecule has 4 heteroatoms. The van der Waals surface area contributed by atoms with Gasteiger partial charge >= 0.3 is 0 Å². The summed E-state index contributed by atoms with van der Waals surface area (Å²) in [6.45, 7) is 7.55. The van der Waals surface area contributed by atoms with Gasteiger partial charge in [-0.1, -0.05) is 0 Å². The van der Waals surface area contributed by atoms with Gasteiger partial charge in [-0.2, -0.15) is 0 Å². The number of carbonyl (C=O) groups excluding carboxylic acids is 1. The van der Waals surface area contributed by atoms with E-state index >= 15 is 0 Å². The number of carbonyl (C=O) groups is 1. The fourth-order valence-corrected chi connectivity index (χ4v) is 2.53. The van der Waals surface area contributed by atoms with Gasteiger partial charge in [0.05, 0.1) is 12.6 Å². The van der Waals surface area contributed by atoms with Crippen molar-refractivity contribution >= 4 is 5.91 Å². The van der Waals surface area contributed by atoms with Crippen LogP contribution in [0.4, 0.5) is 0 Å². The monoisotopic (exact) mass is 242 g/mol. The highest BCUT2D eigenvalue weighted by Gasteiger charge is 2.23. The first-order valence-corrected chi connectivity index (χ1v) is 6.68. The molecule has 1 aliphatic rings. The molecule has 2 atom stereocenters. The zero-order chi connectivity index (χ0) is 12.7. The van der Waals surface area contributed by atoms with Crippen LogP contribution in [0.15, 0.2) is 0 Å². The number of likely N-dealkylation sites (N-methyl/N-ethyl adjacent to an activating group) is 1. The highest BCUT2D eigenvalue weighted by molar-refractivity contribution is 5.76. The lowest BCUT2D eigenvalue weighted by Gasteiger charge is -2.30. The molecule has 1 saturated heterocycles. The summed E-state index contributed by atoms with van der Waals surface area (Å²) >= 11 is 0. The maximum atomic E-state index is 12.2. The molecule has 0 aliphatic carbocycles. The van der Waals surface area contributed by atoms with E-state index in [1.54, 1.807) is 7.11 Å². The second-order valence-corrected chi connectivity index (χ2v) is 4.90. The maximum absolute atomic E-state index is 12.2. The number of nitrogens with one attached hydrogen (secondary N) is 1. The van der Waals surface area contributed by atoms with Gasteiger partial charge in [0.1, 0.15) is 0 Å². The van der Waals surface area contributed by atoms with Crippen LogP contribution >= 0.6 is 0 Å². The number of piperidine rings is 1. The Morgan fingerprint density at radius 1 is 1.59 bits per heavy atom. The van der Waals surface area contributed by atoms with Crippen molar-refractivity contribution in [3.63, 3.8) is 0 Å². The highest BCUT2D eigenvalue weighted by atomic mass is 16.5. The van der Waals surface area contributed by atoms with Gasteiger partial charge in [-0.25, -0.2) is 0 Å². The van der Waals surface area contributed by atoms with E-state index in [9.17, 15) is 4.79 Å². The van der Waals surface area contributed by atoms with Gasteiger partial charge in [0, 0.05) is 20.1 Å². The molecule has 0 bridgehead atoms. The SMILES string of the molecule is CCN(C(=O)CC1CCCNC1)C(C)COC. The van der Waals surface area contributed by atoms with E-state index in [1.165, 1.54) is 12.8 Å². The second-order valence-electron chi connectivity index (χ2n) is 4.90. The summed E-state index contributed by atoms with van der Waals surface area (Å²) in [5.41, 5.74) is 0. The first kappa shape index (κ1) is 14.5. The van der Waals surface area contributed by atoms with Crippen LogP contribution in [-0.2, 0) is 9.53 Å². The predicted molar refractivity (Wildman–Crippen MR) is 68.9 cm³/mol. The predicted octanol–water partition coefficient (Wildman–Crippen LogP) is 1.26. The number of ether oxygens (including phenoxy) is 1. The fourth-order valence-electron chi connectivity index (χ4n) is 2.53. The molecule has 1 heterocycles. The lowest BCUT2D eigenvalue weighted by molar-refractivity contribution is -0.135. The molecule has 100 valence electrons. The van der Waals surface area contributed by atoms with Gasteiger partial charge in [0.25, 0.3) is 0 Å². The van der Waals surface area contributed by atoms with Gasteiger partial charge in [0.15, 0.2) is 0 Å². The van der Waals surface area contributed by atoms with Crippen molar-refractivity contribution in [2.45, 2.75) is 39.2 Å². The summed E-state index contributed by atoms with van der Waals surface area (Å²) < 4.78 is 5.12. The van der Waals surface area contributed by atoms with Gasteiger partial charge in [-0.3, -0.25) is 4.79 Å². The van der Waals surface area contributed by atoms with Crippen LogP contribution < -0.4 is 5.32 Å². The van der Waals surface area contributed by atoms with Gasteiger partial charge in [-0.15, -0.1) is 0 Å². The van der Waals surface area contributed by atoms with Crippen LogP contribution in [0.1, 0.15) is 33.1 Å². The van der Waals surface area contributed by atoms with E-state index in [1.807, 2.05) is 18.7 Å². The molecule has 1 N–H and O–H groups in total. The third-order valence-corrected chi connectivity index (χ3v) is 3.46. The van der Waals surface area contributed by atoms with E-state index in [2.05, 4.69) is 5.32 Å². The minimum Gasteiger partial charge on any atom is -0.383 e. The lowest BCUT2D eigenvalue weighted by atomic mass is 9.95. The third kappa shape index (κ3) is 4.64. The van der Waals surface area contributed by atoms with E-state index in [0.29, 0.717) is 18.9 Å². The maximum Gasteiger partial charge on any atom is 0.223 e.